The van der Waals surface area contributed by atoms with Crippen LogP contribution in [-0.2, 0) is 11.3 Å². The quantitative estimate of drug-likeness (QED) is 0.920. The minimum atomic E-state index is -1.02. The summed E-state index contributed by atoms with van der Waals surface area (Å²) in [6.45, 7) is 5.53. The van der Waals surface area contributed by atoms with E-state index in [0.29, 0.717) is 23.1 Å². The molecule has 0 aliphatic carbocycles. The van der Waals surface area contributed by atoms with E-state index in [1.165, 1.54) is 0 Å². The lowest BCUT2D eigenvalue weighted by molar-refractivity contribution is -0.134. The van der Waals surface area contributed by atoms with Crippen LogP contribution in [0.15, 0.2) is 36.5 Å². The smallest absolute Gasteiger partial charge is 0.263 e. The number of carbonyl (C=O) groups is 1. The predicted octanol–water partition coefficient (Wildman–Crippen LogP) is 2.91. The molecule has 0 fully saturated rings. The Balaban J connectivity index is 1.98. The van der Waals surface area contributed by atoms with Gasteiger partial charge in [-0.3, -0.25) is 4.79 Å². The van der Waals surface area contributed by atoms with E-state index >= 15 is 0 Å². The number of halogens is 1. The Labute approximate surface area is 134 Å². The summed E-state index contributed by atoms with van der Waals surface area (Å²) in [6, 6.07) is 8.71. The standard InChI is InChI=1S/C16H18ClN3O2/c1-11-18-8-7-13(20-11)10-19-15(21)16(2,3)22-14-6-4-5-12(17)9-14/h4-9H,10H2,1-3H3,(H,19,21). The minimum Gasteiger partial charge on any atom is -0.478 e. The Morgan fingerprint density at radius 1 is 1.36 bits per heavy atom. The summed E-state index contributed by atoms with van der Waals surface area (Å²) in [5.74, 6) is 0.982. The van der Waals surface area contributed by atoms with Crippen molar-refractivity contribution in [3.05, 3.63) is 53.1 Å². The normalized spacial score (nSPS) is 11.1. The Kier molecular flexibility index (Phi) is 4.98. The average Bonchev–Trinajstić information content (AvgIpc) is 2.44. The van der Waals surface area contributed by atoms with Gasteiger partial charge in [-0.2, -0.15) is 0 Å². The summed E-state index contributed by atoms with van der Waals surface area (Å²) in [5, 5.41) is 3.37. The van der Waals surface area contributed by atoms with Gasteiger partial charge in [-0.25, -0.2) is 9.97 Å². The lowest BCUT2D eigenvalue weighted by Crippen LogP contribution is -2.46. The molecule has 0 saturated carbocycles. The second-order valence-electron chi connectivity index (χ2n) is 5.35. The Bertz CT molecular complexity index is 674. The molecule has 1 N–H and O–H groups in total. The highest BCUT2D eigenvalue weighted by Crippen LogP contribution is 2.22. The van der Waals surface area contributed by atoms with Gasteiger partial charge in [0.2, 0.25) is 0 Å². The molecule has 0 saturated heterocycles. The second kappa shape index (κ2) is 6.75. The number of nitrogens with zero attached hydrogens (tertiary/aromatic N) is 2. The molecule has 2 rings (SSSR count). The number of hydrogen-bond donors (Lipinski definition) is 1. The molecule has 1 aromatic carbocycles. The van der Waals surface area contributed by atoms with E-state index < -0.39 is 5.60 Å². The summed E-state index contributed by atoms with van der Waals surface area (Å²) in [5.41, 5.74) is -0.272. The lowest BCUT2D eigenvalue weighted by atomic mass is 10.1. The van der Waals surface area contributed by atoms with Crippen molar-refractivity contribution in [1.29, 1.82) is 0 Å². The van der Waals surface area contributed by atoms with Crippen LogP contribution in [-0.4, -0.2) is 21.5 Å². The number of hydrogen-bond acceptors (Lipinski definition) is 4. The Hall–Kier alpha value is -2.14. The van der Waals surface area contributed by atoms with Gasteiger partial charge in [0, 0.05) is 11.2 Å². The van der Waals surface area contributed by atoms with Crippen LogP contribution in [0.2, 0.25) is 5.02 Å². The topological polar surface area (TPSA) is 64.1 Å². The van der Waals surface area contributed by atoms with Crippen LogP contribution < -0.4 is 10.1 Å². The molecule has 1 aromatic heterocycles. The number of amides is 1. The summed E-state index contributed by atoms with van der Waals surface area (Å²) >= 11 is 5.91. The SMILES string of the molecule is Cc1nccc(CNC(=O)C(C)(C)Oc2cccc(Cl)c2)n1. The van der Waals surface area contributed by atoms with Gasteiger partial charge in [-0.1, -0.05) is 17.7 Å². The highest BCUT2D eigenvalue weighted by molar-refractivity contribution is 6.30. The van der Waals surface area contributed by atoms with E-state index in [0.717, 1.165) is 5.69 Å². The molecule has 0 aliphatic heterocycles. The molecule has 0 aliphatic rings. The number of benzene rings is 1. The summed E-state index contributed by atoms with van der Waals surface area (Å²) in [6.07, 6.45) is 1.66. The average molecular weight is 320 g/mol. The van der Waals surface area contributed by atoms with Crippen molar-refractivity contribution in [3.8, 4) is 5.75 Å². The van der Waals surface area contributed by atoms with Crippen molar-refractivity contribution in [2.75, 3.05) is 0 Å². The molecule has 22 heavy (non-hydrogen) atoms. The highest BCUT2D eigenvalue weighted by Gasteiger charge is 2.29. The fraction of sp³-hybridized carbons (Fsp3) is 0.312. The maximum Gasteiger partial charge on any atom is 0.263 e. The Morgan fingerprint density at radius 3 is 2.82 bits per heavy atom. The third-order valence-corrected chi connectivity index (χ3v) is 3.21. The van der Waals surface area contributed by atoms with Crippen molar-refractivity contribution < 1.29 is 9.53 Å². The van der Waals surface area contributed by atoms with Gasteiger partial charge in [0.15, 0.2) is 5.60 Å². The fourth-order valence-electron chi connectivity index (χ4n) is 1.86. The van der Waals surface area contributed by atoms with E-state index in [1.807, 2.05) is 0 Å². The zero-order chi connectivity index (χ0) is 16.2. The molecule has 2 aromatic rings. The monoisotopic (exact) mass is 319 g/mol. The van der Waals surface area contributed by atoms with Crippen LogP contribution in [0.1, 0.15) is 25.4 Å². The molecule has 1 heterocycles. The van der Waals surface area contributed by atoms with Gasteiger partial charge in [0.1, 0.15) is 11.6 Å². The molecule has 5 nitrogen and oxygen atoms in total. The number of aromatic nitrogens is 2. The first kappa shape index (κ1) is 16.2. The van der Waals surface area contributed by atoms with E-state index in [1.54, 1.807) is 57.3 Å². The fourth-order valence-corrected chi connectivity index (χ4v) is 2.04. The number of rotatable bonds is 5. The lowest BCUT2D eigenvalue weighted by Gasteiger charge is -2.25. The van der Waals surface area contributed by atoms with Crippen molar-refractivity contribution in [2.24, 2.45) is 0 Å². The van der Waals surface area contributed by atoms with Crippen molar-refractivity contribution in [1.82, 2.24) is 15.3 Å². The van der Waals surface area contributed by atoms with Crippen LogP contribution >= 0.6 is 11.6 Å². The van der Waals surface area contributed by atoms with Crippen LogP contribution in [0.3, 0.4) is 0 Å². The second-order valence-corrected chi connectivity index (χ2v) is 5.78. The third kappa shape index (κ3) is 4.43. The molecular weight excluding hydrogens is 302 g/mol. The summed E-state index contributed by atoms with van der Waals surface area (Å²) in [4.78, 5) is 20.6. The van der Waals surface area contributed by atoms with Crippen molar-refractivity contribution >= 4 is 17.5 Å². The number of carbonyl (C=O) groups excluding carboxylic acids is 1. The molecule has 0 unspecified atom stereocenters. The number of nitrogens with one attached hydrogen (secondary N) is 1. The van der Waals surface area contributed by atoms with Crippen molar-refractivity contribution in [3.63, 3.8) is 0 Å². The molecular formula is C16H18ClN3O2. The van der Waals surface area contributed by atoms with Crippen LogP contribution in [0, 0.1) is 6.92 Å². The van der Waals surface area contributed by atoms with E-state index in [2.05, 4.69) is 15.3 Å². The first-order valence-corrected chi connectivity index (χ1v) is 7.26. The van der Waals surface area contributed by atoms with Gasteiger partial charge in [0.05, 0.1) is 12.2 Å². The van der Waals surface area contributed by atoms with Crippen LogP contribution in [0.4, 0.5) is 0 Å². The maximum absolute atomic E-state index is 12.3. The van der Waals surface area contributed by atoms with Gasteiger partial charge >= 0.3 is 0 Å². The molecule has 0 bridgehead atoms. The minimum absolute atomic E-state index is 0.233. The Morgan fingerprint density at radius 2 is 2.14 bits per heavy atom. The number of aryl methyl sites for hydroxylation is 1. The first-order valence-electron chi connectivity index (χ1n) is 6.88. The van der Waals surface area contributed by atoms with Crippen molar-refractivity contribution in [2.45, 2.75) is 32.9 Å². The summed E-state index contributed by atoms with van der Waals surface area (Å²) < 4.78 is 5.73. The van der Waals surface area contributed by atoms with Gasteiger partial charge in [0.25, 0.3) is 5.91 Å². The molecule has 0 atom stereocenters. The predicted molar refractivity (Wildman–Crippen MR) is 84.8 cm³/mol. The van der Waals surface area contributed by atoms with Crippen LogP contribution in [0.25, 0.3) is 0 Å². The molecule has 0 radical (unpaired) electrons. The number of ether oxygens (including phenoxy) is 1. The molecule has 0 spiro atoms. The van der Waals surface area contributed by atoms with E-state index in [9.17, 15) is 4.79 Å². The van der Waals surface area contributed by atoms with E-state index in [4.69, 9.17) is 16.3 Å². The van der Waals surface area contributed by atoms with E-state index in [-0.39, 0.29) is 5.91 Å². The first-order chi connectivity index (χ1) is 10.4. The van der Waals surface area contributed by atoms with Gasteiger partial charge < -0.3 is 10.1 Å². The molecule has 1 amide bonds. The largest absolute Gasteiger partial charge is 0.478 e. The summed E-state index contributed by atoms with van der Waals surface area (Å²) in [7, 11) is 0. The molecule has 6 heteroatoms. The zero-order valence-corrected chi connectivity index (χ0v) is 13.5. The molecule has 116 valence electrons. The zero-order valence-electron chi connectivity index (χ0n) is 12.8. The van der Waals surface area contributed by atoms with Gasteiger partial charge in [-0.05, 0) is 45.0 Å². The van der Waals surface area contributed by atoms with Gasteiger partial charge in [-0.15, -0.1) is 0 Å². The maximum atomic E-state index is 12.3. The highest BCUT2D eigenvalue weighted by atomic mass is 35.5. The van der Waals surface area contributed by atoms with Crippen LogP contribution in [0.5, 0.6) is 5.75 Å². The third-order valence-electron chi connectivity index (χ3n) is 2.98.